The van der Waals surface area contributed by atoms with Gasteiger partial charge in [0.05, 0.1) is 23.1 Å². The number of anilines is 1. The average Bonchev–Trinajstić information content (AvgIpc) is 3.07. The highest BCUT2D eigenvalue weighted by molar-refractivity contribution is 7.13. The molecule has 5 nitrogen and oxygen atoms in total. The Kier molecular flexibility index (Phi) is 3.33. The Balaban J connectivity index is 2.25. The minimum atomic E-state index is 0.217. The molecule has 0 saturated carbocycles. The van der Waals surface area contributed by atoms with Gasteiger partial charge in [0.2, 0.25) is 5.88 Å². The monoisotopic (exact) mass is 307 g/mol. The van der Waals surface area contributed by atoms with E-state index in [1.165, 1.54) is 11.3 Å². The van der Waals surface area contributed by atoms with Crippen molar-refractivity contribution in [3.63, 3.8) is 0 Å². The van der Waals surface area contributed by atoms with E-state index in [2.05, 4.69) is 10.1 Å². The molecule has 20 heavy (non-hydrogen) atoms. The predicted octanol–water partition coefficient (Wildman–Crippen LogP) is 3.71. The summed E-state index contributed by atoms with van der Waals surface area (Å²) in [5.74, 6) is 0.865. The van der Waals surface area contributed by atoms with Crippen LogP contribution in [0.2, 0.25) is 5.02 Å². The van der Waals surface area contributed by atoms with E-state index < -0.39 is 0 Å². The van der Waals surface area contributed by atoms with Crippen molar-refractivity contribution in [2.75, 3.05) is 12.8 Å². The van der Waals surface area contributed by atoms with Crippen LogP contribution in [0.4, 0.5) is 5.88 Å². The Morgan fingerprint density at radius 2 is 2.25 bits per heavy atom. The van der Waals surface area contributed by atoms with Gasteiger partial charge in [-0.25, -0.2) is 0 Å². The SMILES string of the molecule is COc1ccc(Cl)cc1-c1c(-c2cncs2)noc1N. The zero-order chi connectivity index (χ0) is 14.1. The molecule has 0 atom stereocenters. The van der Waals surface area contributed by atoms with Gasteiger partial charge in [0.1, 0.15) is 11.4 Å². The molecule has 0 unspecified atom stereocenters. The van der Waals surface area contributed by atoms with Gasteiger partial charge in [0.25, 0.3) is 0 Å². The van der Waals surface area contributed by atoms with E-state index in [4.69, 9.17) is 26.6 Å². The first-order valence-corrected chi connectivity index (χ1v) is 6.94. The van der Waals surface area contributed by atoms with Gasteiger partial charge in [0, 0.05) is 16.8 Å². The molecule has 3 aromatic rings. The summed E-state index contributed by atoms with van der Waals surface area (Å²) >= 11 is 7.52. The summed E-state index contributed by atoms with van der Waals surface area (Å²) in [6.07, 6.45) is 1.71. The molecule has 7 heteroatoms. The zero-order valence-corrected chi connectivity index (χ0v) is 12.0. The van der Waals surface area contributed by atoms with Crippen molar-refractivity contribution in [1.82, 2.24) is 10.1 Å². The molecule has 0 aliphatic heterocycles. The number of aromatic nitrogens is 2. The lowest BCUT2D eigenvalue weighted by Crippen LogP contribution is -1.91. The summed E-state index contributed by atoms with van der Waals surface area (Å²) in [6, 6.07) is 5.30. The Hall–Kier alpha value is -2.05. The first-order chi connectivity index (χ1) is 9.70. The second-order valence-corrected chi connectivity index (χ2v) is 5.30. The van der Waals surface area contributed by atoms with Crippen molar-refractivity contribution in [1.29, 1.82) is 0 Å². The maximum absolute atomic E-state index is 6.06. The lowest BCUT2D eigenvalue weighted by atomic mass is 10.0. The summed E-state index contributed by atoms with van der Waals surface area (Å²) in [5.41, 5.74) is 9.66. The Bertz CT molecular complexity index is 740. The standard InChI is InChI=1S/C13H10ClN3O2S/c1-18-9-3-2-7(14)4-8(9)11-12(17-19-13(11)15)10-5-16-6-20-10/h2-6H,15H2,1H3. The Morgan fingerprint density at radius 1 is 1.40 bits per heavy atom. The maximum Gasteiger partial charge on any atom is 0.230 e. The van der Waals surface area contributed by atoms with E-state index >= 15 is 0 Å². The summed E-state index contributed by atoms with van der Waals surface area (Å²) < 4.78 is 10.5. The molecule has 0 radical (unpaired) electrons. The van der Waals surface area contributed by atoms with Gasteiger partial charge >= 0.3 is 0 Å². The zero-order valence-electron chi connectivity index (χ0n) is 10.5. The van der Waals surface area contributed by atoms with Crippen LogP contribution in [-0.2, 0) is 0 Å². The molecule has 0 aliphatic carbocycles. The van der Waals surface area contributed by atoms with Gasteiger partial charge in [0.15, 0.2) is 0 Å². The van der Waals surface area contributed by atoms with E-state index in [-0.39, 0.29) is 5.88 Å². The van der Waals surface area contributed by atoms with E-state index in [0.29, 0.717) is 22.0 Å². The highest BCUT2D eigenvalue weighted by atomic mass is 35.5. The fraction of sp³-hybridized carbons (Fsp3) is 0.0769. The molecular formula is C13H10ClN3O2S. The molecule has 0 saturated heterocycles. The number of benzene rings is 1. The largest absolute Gasteiger partial charge is 0.496 e. The van der Waals surface area contributed by atoms with Crippen LogP contribution in [0.5, 0.6) is 5.75 Å². The van der Waals surface area contributed by atoms with E-state index in [1.54, 1.807) is 37.0 Å². The van der Waals surface area contributed by atoms with Gasteiger partial charge in [-0.15, -0.1) is 11.3 Å². The van der Waals surface area contributed by atoms with E-state index in [0.717, 1.165) is 10.4 Å². The number of hydrogen-bond donors (Lipinski definition) is 1. The lowest BCUT2D eigenvalue weighted by Gasteiger charge is -2.08. The third kappa shape index (κ3) is 2.13. The van der Waals surface area contributed by atoms with Crippen molar-refractivity contribution in [2.24, 2.45) is 0 Å². The van der Waals surface area contributed by atoms with E-state index in [9.17, 15) is 0 Å². The molecule has 2 N–H and O–H groups in total. The molecule has 3 rings (SSSR count). The molecule has 0 spiro atoms. The fourth-order valence-corrected chi connectivity index (χ4v) is 2.72. The minimum Gasteiger partial charge on any atom is -0.496 e. The molecular weight excluding hydrogens is 298 g/mol. The first kappa shape index (κ1) is 13.0. The van der Waals surface area contributed by atoms with Crippen LogP contribution in [0, 0.1) is 0 Å². The van der Waals surface area contributed by atoms with Crippen LogP contribution in [0.15, 0.2) is 34.4 Å². The van der Waals surface area contributed by atoms with Crippen LogP contribution in [0.3, 0.4) is 0 Å². The van der Waals surface area contributed by atoms with Gasteiger partial charge in [-0.05, 0) is 18.2 Å². The number of methoxy groups -OCH3 is 1. The highest BCUT2D eigenvalue weighted by Crippen LogP contribution is 2.42. The van der Waals surface area contributed by atoms with Gasteiger partial charge in [-0.3, -0.25) is 4.98 Å². The van der Waals surface area contributed by atoms with Crippen molar-refractivity contribution in [3.05, 3.63) is 34.9 Å². The summed E-state index contributed by atoms with van der Waals surface area (Å²) in [7, 11) is 1.59. The quantitative estimate of drug-likeness (QED) is 0.798. The van der Waals surface area contributed by atoms with Crippen LogP contribution in [0.1, 0.15) is 0 Å². The summed E-state index contributed by atoms with van der Waals surface area (Å²) in [5, 5.41) is 4.59. The average molecular weight is 308 g/mol. The number of hydrogen-bond acceptors (Lipinski definition) is 6. The number of nitrogens with two attached hydrogens (primary N) is 1. The van der Waals surface area contributed by atoms with Crippen LogP contribution >= 0.6 is 22.9 Å². The van der Waals surface area contributed by atoms with Crippen molar-refractivity contribution < 1.29 is 9.26 Å². The molecule has 0 aliphatic rings. The summed E-state index contributed by atoms with van der Waals surface area (Å²) in [6.45, 7) is 0. The van der Waals surface area contributed by atoms with Crippen LogP contribution in [0.25, 0.3) is 21.7 Å². The molecule has 0 amide bonds. The first-order valence-electron chi connectivity index (χ1n) is 5.68. The number of thiazole rings is 1. The third-order valence-corrected chi connectivity index (χ3v) is 3.83. The molecule has 1 aromatic carbocycles. The second-order valence-electron chi connectivity index (χ2n) is 3.98. The normalized spacial score (nSPS) is 10.7. The number of rotatable bonds is 3. The summed E-state index contributed by atoms with van der Waals surface area (Å²) in [4.78, 5) is 4.90. The molecule has 0 fully saturated rings. The predicted molar refractivity (Wildman–Crippen MR) is 79.0 cm³/mol. The topological polar surface area (TPSA) is 74.2 Å². The molecule has 2 aromatic heterocycles. The number of halogens is 1. The molecule has 2 heterocycles. The van der Waals surface area contributed by atoms with Crippen molar-refractivity contribution in [3.8, 4) is 27.4 Å². The van der Waals surface area contributed by atoms with E-state index in [1.807, 2.05) is 0 Å². The number of nitrogen functional groups attached to an aromatic ring is 1. The molecule has 0 bridgehead atoms. The smallest absolute Gasteiger partial charge is 0.230 e. The fourth-order valence-electron chi connectivity index (χ4n) is 1.94. The lowest BCUT2D eigenvalue weighted by molar-refractivity contribution is 0.416. The Morgan fingerprint density at radius 3 is 2.95 bits per heavy atom. The Labute approximate surface area is 123 Å². The van der Waals surface area contributed by atoms with Crippen LogP contribution in [-0.4, -0.2) is 17.3 Å². The van der Waals surface area contributed by atoms with Gasteiger partial charge in [-0.2, -0.15) is 0 Å². The van der Waals surface area contributed by atoms with Gasteiger partial charge < -0.3 is 15.0 Å². The second kappa shape index (κ2) is 5.15. The number of nitrogens with zero attached hydrogens (tertiary/aromatic N) is 2. The van der Waals surface area contributed by atoms with Crippen molar-refractivity contribution in [2.45, 2.75) is 0 Å². The van der Waals surface area contributed by atoms with Crippen LogP contribution < -0.4 is 10.5 Å². The van der Waals surface area contributed by atoms with Crippen molar-refractivity contribution >= 4 is 28.8 Å². The maximum atomic E-state index is 6.06. The van der Waals surface area contributed by atoms with Gasteiger partial charge in [-0.1, -0.05) is 16.8 Å². The highest BCUT2D eigenvalue weighted by Gasteiger charge is 2.21. The minimum absolute atomic E-state index is 0.217. The number of ether oxygens (including phenoxy) is 1. The molecule has 102 valence electrons. The third-order valence-electron chi connectivity index (χ3n) is 2.82.